The van der Waals surface area contributed by atoms with E-state index in [0.29, 0.717) is 45.7 Å². The Morgan fingerprint density at radius 1 is 0.559 bits per heavy atom. The molecule has 6 atom stereocenters. The smallest absolute Gasteiger partial charge is 0.313 e. The fourth-order valence-corrected chi connectivity index (χ4v) is 8.65. The first-order valence-electron chi connectivity index (χ1n) is 23.5. The van der Waals surface area contributed by atoms with Crippen LogP contribution in [0.3, 0.4) is 0 Å². The molecule has 11 nitrogen and oxygen atoms in total. The first-order valence-corrected chi connectivity index (χ1v) is 23.5. The van der Waals surface area contributed by atoms with Gasteiger partial charge in [0.2, 0.25) is 5.91 Å². The van der Waals surface area contributed by atoms with Crippen LogP contribution >= 0.6 is 0 Å². The molecule has 1 aliphatic heterocycles. The van der Waals surface area contributed by atoms with E-state index in [1.807, 2.05) is 170 Å². The summed E-state index contributed by atoms with van der Waals surface area (Å²) < 4.78 is 43.8. The van der Waals surface area contributed by atoms with E-state index in [9.17, 15) is 14.4 Å². The average Bonchev–Trinajstić information content (AvgIpc) is 3.38. The van der Waals surface area contributed by atoms with Crippen LogP contribution in [-0.4, -0.2) is 68.3 Å². The molecule has 1 heterocycles. The second kappa shape index (κ2) is 25.1. The van der Waals surface area contributed by atoms with E-state index < -0.39 is 36.4 Å². The van der Waals surface area contributed by atoms with Crippen molar-refractivity contribution in [3.8, 4) is 11.1 Å². The van der Waals surface area contributed by atoms with Crippen molar-refractivity contribution in [3.63, 3.8) is 0 Å². The monoisotopic (exact) mass is 917 g/mol. The van der Waals surface area contributed by atoms with Gasteiger partial charge in [0.25, 0.3) is 0 Å². The number of hydrogen-bond acceptors (Lipinski definition) is 10. The summed E-state index contributed by atoms with van der Waals surface area (Å²) in [6.07, 6.45) is -0.989. The predicted molar refractivity (Wildman–Crippen MR) is 257 cm³/mol. The molecule has 6 unspecified atom stereocenters. The lowest BCUT2D eigenvalue weighted by Crippen LogP contribution is -2.53. The van der Waals surface area contributed by atoms with Crippen molar-refractivity contribution in [3.05, 3.63) is 203 Å². The van der Waals surface area contributed by atoms with Crippen LogP contribution < -0.4 is 5.32 Å². The maximum absolute atomic E-state index is 14.2. The number of benzene rings is 6. The summed E-state index contributed by atoms with van der Waals surface area (Å²) in [7, 11) is 0. The van der Waals surface area contributed by atoms with Crippen LogP contribution in [0.4, 0.5) is 0 Å². The van der Waals surface area contributed by atoms with Gasteiger partial charge in [-0.05, 0) is 57.3 Å². The third-order valence-electron chi connectivity index (χ3n) is 12.1. The average molecular weight is 918 g/mol. The third kappa shape index (κ3) is 14.3. The van der Waals surface area contributed by atoms with Crippen molar-refractivity contribution in [2.45, 2.75) is 95.1 Å². The minimum absolute atomic E-state index is 0.0226. The van der Waals surface area contributed by atoms with Crippen molar-refractivity contribution in [1.82, 2.24) is 5.32 Å². The molecule has 0 aromatic heterocycles. The minimum Gasteiger partial charge on any atom is -0.463 e. The molecular formula is C57H59NO10. The van der Waals surface area contributed by atoms with Gasteiger partial charge in [-0.3, -0.25) is 14.4 Å². The van der Waals surface area contributed by atoms with E-state index in [4.69, 9.17) is 33.2 Å². The zero-order valence-electron chi connectivity index (χ0n) is 38.2. The molecule has 6 aromatic rings. The molecule has 0 spiro atoms. The van der Waals surface area contributed by atoms with Crippen LogP contribution in [0.1, 0.15) is 65.0 Å². The Kier molecular flexibility index (Phi) is 17.7. The summed E-state index contributed by atoms with van der Waals surface area (Å²) in [5, 5.41) is 3.08. The van der Waals surface area contributed by atoms with E-state index in [0.717, 1.165) is 44.5 Å². The Morgan fingerprint density at radius 2 is 1.15 bits per heavy atom. The van der Waals surface area contributed by atoms with Gasteiger partial charge in [-0.1, -0.05) is 170 Å². The van der Waals surface area contributed by atoms with Gasteiger partial charge in [0, 0.05) is 18.9 Å². The quantitative estimate of drug-likeness (QED) is 0.0520. The Hall–Kier alpha value is -6.47. The predicted octanol–water partition coefficient (Wildman–Crippen LogP) is 9.45. The molecule has 1 amide bonds. The zero-order valence-corrected chi connectivity index (χ0v) is 38.2. The molecule has 6 aromatic carbocycles. The van der Waals surface area contributed by atoms with Crippen LogP contribution in [0.2, 0.25) is 0 Å². The number of amides is 1. The molecule has 0 radical (unpaired) electrons. The maximum atomic E-state index is 14.2. The topological polar surface area (TPSA) is 128 Å². The number of rotatable bonds is 22. The summed E-state index contributed by atoms with van der Waals surface area (Å²) in [5.41, 5.74) is 7.75. The molecule has 1 N–H and O–H groups in total. The Labute approximate surface area is 398 Å². The number of carbonyl (C=O) groups excluding carboxylic acids is 3. The zero-order chi connectivity index (χ0) is 46.8. The van der Waals surface area contributed by atoms with Crippen LogP contribution in [0.15, 0.2) is 170 Å². The third-order valence-corrected chi connectivity index (χ3v) is 12.1. The lowest BCUT2D eigenvalue weighted by Gasteiger charge is -2.41. The van der Waals surface area contributed by atoms with E-state index in [2.05, 4.69) is 5.32 Å². The SMILES string of the molecule is O=C(CCC(=O)OCc1ccccc1)NC1Cc2ccc(-c3ccccc3)cc2C(C(=O)OCCOC2OC(COCc3ccccc3)CC(OCc3ccccc3)C2OCc2ccccc2)C1. The van der Waals surface area contributed by atoms with E-state index >= 15 is 0 Å². The standard InChI is InChI=1S/C57H59NO10/c59-53(28-29-54(60)66-38-43-20-10-3-11-21-43)58-48-32-47-27-26-46(45-24-14-5-15-25-45)33-50(47)51(34-48)56(61)63-30-31-64-57-55(67-39-44-22-12-4-13-23-44)52(65-37-42-18-8-2-9-19-42)35-49(68-57)40-62-36-41-16-6-1-7-17-41/h1-27,33,48-49,51-52,55,57H,28-32,34-40H2,(H,58,59). The number of carbonyl (C=O) groups is 3. The van der Waals surface area contributed by atoms with Crippen molar-refractivity contribution in [2.24, 2.45) is 0 Å². The van der Waals surface area contributed by atoms with Gasteiger partial charge < -0.3 is 38.5 Å². The van der Waals surface area contributed by atoms with Crippen LogP contribution in [-0.2, 0) is 80.4 Å². The van der Waals surface area contributed by atoms with Crippen LogP contribution in [0, 0.1) is 0 Å². The number of nitrogens with one attached hydrogen (secondary N) is 1. The molecular weight excluding hydrogens is 859 g/mol. The molecule has 1 saturated heterocycles. The molecule has 2 aliphatic rings. The summed E-state index contributed by atoms with van der Waals surface area (Å²) in [6, 6.07) is 55.0. The Bertz CT molecular complexity index is 2470. The van der Waals surface area contributed by atoms with Crippen molar-refractivity contribution in [2.75, 3.05) is 19.8 Å². The highest BCUT2D eigenvalue weighted by Crippen LogP contribution is 2.36. The van der Waals surface area contributed by atoms with Gasteiger partial charge in [-0.25, -0.2) is 0 Å². The van der Waals surface area contributed by atoms with Crippen molar-refractivity contribution >= 4 is 17.8 Å². The number of hydrogen-bond donors (Lipinski definition) is 1. The van der Waals surface area contributed by atoms with Gasteiger partial charge in [0.1, 0.15) is 19.3 Å². The summed E-state index contributed by atoms with van der Waals surface area (Å²) in [5.74, 6) is -1.84. The molecule has 1 aliphatic carbocycles. The summed E-state index contributed by atoms with van der Waals surface area (Å²) >= 11 is 0. The van der Waals surface area contributed by atoms with Crippen LogP contribution in [0.5, 0.6) is 0 Å². The molecule has 352 valence electrons. The molecule has 1 fully saturated rings. The Balaban J connectivity index is 0.928. The van der Waals surface area contributed by atoms with Crippen molar-refractivity contribution in [1.29, 1.82) is 0 Å². The molecule has 68 heavy (non-hydrogen) atoms. The lowest BCUT2D eigenvalue weighted by atomic mass is 9.79. The second-order valence-electron chi connectivity index (χ2n) is 17.2. The molecule has 11 heteroatoms. The van der Waals surface area contributed by atoms with E-state index in [1.165, 1.54) is 0 Å². The lowest BCUT2D eigenvalue weighted by molar-refractivity contribution is -0.294. The fourth-order valence-electron chi connectivity index (χ4n) is 8.65. The van der Waals surface area contributed by atoms with Gasteiger partial charge >= 0.3 is 11.9 Å². The minimum atomic E-state index is -0.865. The maximum Gasteiger partial charge on any atom is 0.313 e. The van der Waals surface area contributed by atoms with Crippen LogP contribution in [0.25, 0.3) is 11.1 Å². The first-order chi connectivity index (χ1) is 33.4. The highest BCUT2D eigenvalue weighted by atomic mass is 16.7. The summed E-state index contributed by atoms with van der Waals surface area (Å²) in [4.78, 5) is 40.0. The number of esters is 2. The first kappa shape index (κ1) is 48.0. The number of fused-ring (bicyclic) bond motifs is 1. The second-order valence-corrected chi connectivity index (χ2v) is 17.2. The number of ether oxygens (including phenoxy) is 7. The van der Waals surface area contributed by atoms with Gasteiger partial charge in [0.15, 0.2) is 6.29 Å². The highest BCUT2D eigenvalue weighted by molar-refractivity contribution is 5.83. The fraction of sp³-hybridized carbons (Fsp3) is 0.316. The van der Waals surface area contributed by atoms with Gasteiger partial charge in [-0.2, -0.15) is 0 Å². The van der Waals surface area contributed by atoms with Gasteiger partial charge in [-0.15, -0.1) is 0 Å². The van der Waals surface area contributed by atoms with Gasteiger partial charge in [0.05, 0.1) is 57.6 Å². The molecule has 0 bridgehead atoms. The van der Waals surface area contributed by atoms with Crippen molar-refractivity contribution < 1.29 is 47.5 Å². The summed E-state index contributed by atoms with van der Waals surface area (Å²) in [6.45, 7) is 1.53. The largest absolute Gasteiger partial charge is 0.463 e. The highest BCUT2D eigenvalue weighted by Gasteiger charge is 2.42. The van der Waals surface area contributed by atoms with E-state index in [-0.39, 0.29) is 50.7 Å². The van der Waals surface area contributed by atoms with E-state index in [1.54, 1.807) is 0 Å². The Morgan fingerprint density at radius 3 is 1.79 bits per heavy atom. The molecule has 8 rings (SSSR count). The normalized spacial score (nSPS) is 19.9. The molecule has 0 saturated carbocycles.